The Kier molecular flexibility index (Phi) is 5.18. The summed E-state index contributed by atoms with van der Waals surface area (Å²) >= 11 is 1.48. The lowest BCUT2D eigenvalue weighted by Gasteiger charge is -2.13. The number of carbonyl (C=O) groups excluding carboxylic acids is 1. The average Bonchev–Trinajstić information content (AvgIpc) is 2.53. The standard InChI is InChI=1S/C16H18N2OS/c1-12(13-7-4-3-5-8-13)11-18-15(19)14-9-6-10-17-16(14)20-2/h3-10,12H,11H2,1-2H3,(H,18,19)/t12-/m1/s1. The number of aromatic nitrogens is 1. The van der Waals surface area contributed by atoms with Crippen LogP contribution in [0.1, 0.15) is 28.8 Å². The summed E-state index contributed by atoms with van der Waals surface area (Å²) in [4.78, 5) is 16.4. The van der Waals surface area contributed by atoms with Crippen molar-refractivity contribution in [1.29, 1.82) is 0 Å². The number of hydrogen-bond acceptors (Lipinski definition) is 3. The summed E-state index contributed by atoms with van der Waals surface area (Å²) in [7, 11) is 0. The molecule has 0 aliphatic carbocycles. The molecule has 104 valence electrons. The van der Waals surface area contributed by atoms with Crippen LogP contribution < -0.4 is 5.32 Å². The van der Waals surface area contributed by atoms with Crippen LogP contribution in [0.15, 0.2) is 53.7 Å². The highest BCUT2D eigenvalue weighted by molar-refractivity contribution is 7.98. The van der Waals surface area contributed by atoms with Crippen LogP contribution in [0.3, 0.4) is 0 Å². The Hall–Kier alpha value is -1.81. The van der Waals surface area contributed by atoms with E-state index in [-0.39, 0.29) is 11.8 Å². The third-order valence-corrected chi connectivity index (χ3v) is 3.86. The first kappa shape index (κ1) is 14.6. The maximum atomic E-state index is 12.2. The molecule has 1 atom stereocenters. The van der Waals surface area contributed by atoms with Crippen molar-refractivity contribution in [2.75, 3.05) is 12.8 Å². The minimum absolute atomic E-state index is 0.0646. The molecule has 1 aromatic heterocycles. The second kappa shape index (κ2) is 7.10. The summed E-state index contributed by atoms with van der Waals surface area (Å²) in [5.41, 5.74) is 1.87. The fourth-order valence-corrected chi connectivity index (χ4v) is 2.51. The van der Waals surface area contributed by atoms with Gasteiger partial charge in [-0.1, -0.05) is 37.3 Å². The zero-order chi connectivity index (χ0) is 14.4. The highest BCUT2D eigenvalue weighted by Gasteiger charge is 2.13. The van der Waals surface area contributed by atoms with Gasteiger partial charge in [-0.05, 0) is 29.9 Å². The van der Waals surface area contributed by atoms with E-state index < -0.39 is 0 Å². The minimum atomic E-state index is -0.0646. The van der Waals surface area contributed by atoms with E-state index in [2.05, 4.69) is 29.4 Å². The van der Waals surface area contributed by atoms with Gasteiger partial charge in [0.1, 0.15) is 5.03 Å². The second-order valence-corrected chi connectivity index (χ2v) is 5.38. The molecular formula is C16H18N2OS. The number of nitrogens with zero attached hydrogens (tertiary/aromatic N) is 1. The molecule has 3 nitrogen and oxygen atoms in total. The largest absolute Gasteiger partial charge is 0.351 e. The number of thioether (sulfide) groups is 1. The maximum absolute atomic E-state index is 12.2. The predicted octanol–water partition coefficient (Wildman–Crippen LogP) is 3.34. The van der Waals surface area contributed by atoms with Gasteiger partial charge in [0.25, 0.3) is 5.91 Å². The molecule has 1 heterocycles. The van der Waals surface area contributed by atoms with E-state index in [0.29, 0.717) is 12.1 Å². The third-order valence-electron chi connectivity index (χ3n) is 3.15. The zero-order valence-electron chi connectivity index (χ0n) is 11.7. The first-order valence-corrected chi connectivity index (χ1v) is 7.77. The summed E-state index contributed by atoms with van der Waals surface area (Å²) in [5, 5.41) is 3.74. The summed E-state index contributed by atoms with van der Waals surface area (Å²) < 4.78 is 0. The van der Waals surface area contributed by atoms with Crippen molar-refractivity contribution in [3.05, 3.63) is 59.8 Å². The lowest BCUT2D eigenvalue weighted by molar-refractivity contribution is 0.0948. The molecule has 0 fully saturated rings. The second-order valence-electron chi connectivity index (χ2n) is 4.58. The molecule has 2 rings (SSSR count). The molecule has 0 unspecified atom stereocenters. The van der Waals surface area contributed by atoms with Crippen LogP contribution in [0.2, 0.25) is 0 Å². The van der Waals surface area contributed by atoms with Crippen LogP contribution >= 0.6 is 11.8 Å². The van der Waals surface area contributed by atoms with Crippen LogP contribution in [0.25, 0.3) is 0 Å². The van der Waals surface area contributed by atoms with Gasteiger partial charge < -0.3 is 5.32 Å². The maximum Gasteiger partial charge on any atom is 0.254 e. The van der Waals surface area contributed by atoms with E-state index in [0.717, 1.165) is 5.03 Å². The number of amides is 1. The van der Waals surface area contributed by atoms with Crippen molar-refractivity contribution in [2.24, 2.45) is 0 Å². The van der Waals surface area contributed by atoms with E-state index in [9.17, 15) is 4.79 Å². The van der Waals surface area contributed by atoms with Crippen molar-refractivity contribution in [2.45, 2.75) is 17.9 Å². The van der Waals surface area contributed by atoms with Gasteiger partial charge in [0.15, 0.2) is 0 Å². The summed E-state index contributed by atoms with van der Waals surface area (Å²) in [6, 6.07) is 13.8. The van der Waals surface area contributed by atoms with Crippen molar-refractivity contribution in [3.63, 3.8) is 0 Å². The van der Waals surface area contributed by atoms with Crippen LogP contribution in [-0.2, 0) is 0 Å². The molecule has 1 N–H and O–H groups in total. The van der Waals surface area contributed by atoms with E-state index in [1.165, 1.54) is 17.3 Å². The van der Waals surface area contributed by atoms with Crippen LogP contribution in [0, 0.1) is 0 Å². The van der Waals surface area contributed by atoms with E-state index in [1.807, 2.05) is 24.5 Å². The first-order chi connectivity index (χ1) is 9.72. The van der Waals surface area contributed by atoms with E-state index in [4.69, 9.17) is 0 Å². The molecular weight excluding hydrogens is 268 g/mol. The normalized spacial score (nSPS) is 11.9. The molecule has 20 heavy (non-hydrogen) atoms. The molecule has 0 bridgehead atoms. The van der Waals surface area contributed by atoms with Gasteiger partial charge in [-0.15, -0.1) is 11.8 Å². The first-order valence-electron chi connectivity index (χ1n) is 6.54. The topological polar surface area (TPSA) is 42.0 Å². The Bertz CT molecular complexity index is 572. The predicted molar refractivity (Wildman–Crippen MR) is 83.2 cm³/mol. The average molecular weight is 286 g/mol. The van der Waals surface area contributed by atoms with Crippen LogP contribution in [0.5, 0.6) is 0 Å². The summed E-state index contributed by atoms with van der Waals surface area (Å²) in [6.45, 7) is 2.72. The lowest BCUT2D eigenvalue weighted by atomic mass is 10.0. The number of carbonyl (C=O) groups is 1. The Labute approximate surface area is 123 Å². The van der Waals surface area contributed by atoms with Crippen molar-refractivity contribution < 1.29 is 4.79 Å². The Morgan fingerprint density at radius 2 is 2.00 bits per heavy atom. The van der Waals surface area contributed by atoms with Gasteiger partial charge in [-0.2, -0.15) is 0 Å². The fourth-order valence-electron chi connectivity index (χ4n) is 1.97. The van der Waals surface area contributed by atoms with Gasteiger partial charge in [-0.25, -0.2) is 4.98 Å². The molecule has 1 amide bonds. The molecule has 0 radical (unpaired) electrons. The van der Waals surface area contributed by atoms with Gasteiger partial charge in [0.05, 0.1) is 5.56 Å². The van der Waals surface area contributed by atoms with E-state index >= 15 is 0 Å². The van der Waals surface area contributed by atoms with Crippen LogP contribution in [0.4, 0.5) is 0 Å². The Balaban J connectivity index is 1.99. The molecule has 0 spiro atoms. The number of nitrogens with one attached hydrogen (secondary N) is 1. The molecule has 0 aliphatic heterocycles. The van der Waals surface area contributed by atoms with Gasteiger partial charge >= 0.3 is 0 Å². The van der Waals surface area contributed by atoms with Gasteiger partial charge in [-0.3, -0.25) is 4.79 Å². The highest BCUT2D eigenvalue weighted by atomic mass is 32.2. The molecule has 0 saturated carbocycles. The van der Waals surface area contributed by atoms with Gasteiger partial charge in [0, 0.05) is 12.7 Å². The Morgan fingerprint density at radius 1 is 1.25 bits per heavy atom. The number of pyridine rings is 1. The smallest absolute Gasteiger partial charge is 0.254 e. The van der Waals surface area contributed by atoms with Crippen LogP contribution in [-0.4, -0.2) is 23.7 Å². The minimum Gasteiger partial charge on any atom is -0.351 e. The highest BCUT2D eigenvalue weighted by Crippen LogP contribution is 2.17. The monoisotopic (exact) mass is 286 g/mol. The number of benzene rings is 1. The van der Waals surface area contributed by atoms with Crippen molar-refractivity contribution in [1.82, 2.24) is 10.3 Å². The zero-order valence-corrected chi connectivity index (χ0v) is 12.5. The summed E-state index contributed by atoms with van der Waals surface area (Å²) in [5.74, 6) is 0.222. The van der Waals surface area contributed by atoms with E-state index in [1.54, 1.807) is 18.3 Å². The molecule has 0 saturated heterocycles. The Morgan fingerprint density at radius 3 is 2.70 bits per heavy atom. The fraction of sp³-hybridized carbons (Fsp3) is 0.250. The van der Waals surface area contributed by atoms with Crippen molar-refractivity contribution >= 4 is 17.7 Å². The summed E-state index contributed by atoms with van der Waals surface area (Å²) in [6.07, 6.45) is 3.63. The molecule has 2 aromatic rings. The number of hydrogen-bond donors (Lipinski definition) is 1. The third kappa shape index (κ3) is 3.61. The molecule has 1 aromatic carbocycles. The molecule has 4 heteroatoms. The molecule has 0 aliphatic rings. The lowest BCUT2D eigenvalue weighted by Crippen LogP contribution is -2.28. The quantitative estimate of drug-likeness (QED) is 0.857. The SMILES string of the molecule is CSc1ncccc1C(=O)NC[C@@H](C)c1ccccc1. The van der Waals surface area contributed by atoms with Crippen molar-refractivity contribution in [3.8, 4) is 0 Å². The number of rotatable bonds is 5. The van der Waals surface area contributed by atoms with Gasteiger partial charge in [0.2, 0.25) is 0 Å².